The van der Waals surface area contributed by atoms with Crippen LogP contribution in [0.2, 0.25) is 0 Å². The smallest absolute Gasteiger partial charge is 0.306 e. The standard InChI is InChI=1S/C34H48N2O13/c1-27(37)5-10-30(38)45-17-3-4-18-46-31(39)11-13-33(41)48-23-21-44-22-24-49-34(42)14-12-32(40)47-20-16-36-26-29-8-6-28(7-9-29)25-35-15-19-43-2/h6-9,25-26H,3-5,10-24H2,1-2H3. The molecule has 0 bridgehead atoms. The van der Waals surface area contributed by atoms with Crippen LogP contribution in [0.3, 0.4) is 0 Å². The number of methoxy groups -OCH3 is 1. The molecule has 0 aliphatic carbocycles. The first kappa shape index (κ1) is 42.5. The van der Waals surface area contributed by atoms with Crippen LogP contribution in [-0.2, 0) is 61.9 Å². The third kappa shape index (κ3) is 26.2. The van der Waals surface area contributed by atoms with Crippen molar-refractivity contribution >= 4 is 48.1 Å². The van der Waals surface area contributed by atoms with Crippen LogP contribution in [0.4, 0.5) is 0 Å². The molecule has 0 fully saturated rings. The van der Waals surface area contributed by atoms with Gasteiger partial charge in [0.05, 0.1) is 78.2 Å². The van der Waals surface area contributed by atoms with Crippen molar-refractivity contribution < 1.29 is 61.9 Å². The van der Waals surface area contributed by atoms with E-state index in [0.29, 0.717) is 26.0 Å². The molecule has 0 aromatic heterocycles. The number of Topliss-reactive ketones (excluding diaryl/α,β-unsaturated/α-hetero) is 1. The fourth-order valence-corrected chi connectivity index (χ4v) is 3.52. The summed E-state index contributed by atoms with van der Waals surface area (Å²) < 4.78 is 35.2. The Hall–Kier alpha value is -4.50. The monoisotopic (exact) mass is 692 g/mol. The van der Waals surface area contributed by atoms with Crippen molar-refractivity contribution in [2.75, 3.05) is 73.1 Å². The Labute approximate surface area is 286 Å². The van der Waals surface area contributed by atoms with Crippen LogP contribution in [0.1, 0.15) is 69.4 Å². The predicted molar refractivity (Wildman–Crippen MR) is 176 cm³/mol. The molecule has 1 rings (SSSR count). The van der Waals surface area contributed by atoms with Crippen molar-refractivity contribution in [2.24, 2.45) is 9.98 Å². The Balaban J connectivity index is 1.96. The lowest BCUT2D eigenvalue weighted by molar-refractivity contribution is -0.152. The largest absolute Gasteiger partial charge is 0.466 e. The van der Waals surface area contributed by atoms with Gasteiger partial charge in [-0.3, -0.25) is 34.0 Å². The average Bonchev–Trinajstić information content (AvgIpc) is 3.08. The summed E-state index contributed by atoms with van der Waals surface area (Å²) in [4.78, 5) is 77.9. The fourth-order valence-electron chi connectivity index (χ4n) is 3.52. The number of rotatable bonds is 28. The van der Waals surface area contributed by atoms with E-state index in [1.807, 2.05) is 24.3 Å². The number of carbonyl (C=O) groups is 6. The summed E-state index contributed by atoms with van der Waals surface area (Å²) in [5, 5.41) is 0. The second kappa shape index (κ2) is 28.5. The first-order valence-electron chi connectivity index (χ1n) is 16.1. The second-order valence-electron chi connectivity index (χ2n) is 10.4. The molecule has 0 radical (unpaired) electrons. The molecule has 0 spiro atoms. The van der Waals surface area contributed by atoms with Crippen molar-refractivity contribution in [2.45, 2.75) is 58.3 Å². The molecule has 15 nitrogen and oxygen atoms in total. The van der Waals surface area contributed by atoms with Gasteiger partial charge in [-0.1, -0.05) is 24.3 Å². The van der Waals surface area contributed by atoms with Gasteiger partial charge in [-0.15, -0.1) is 0 Å². The lowest BCUT2D eigenvalue weighted by Crippen LogP contribution is -2.16. The van der Waals surface area contributed by atoms with E-state index in [0.717, 1.165) is 11.1 Å². The van der Waals surface area contributed by atoms with E-state index in [4.69, 9.17) is 33.2 Å². The van der Waals surface area contributed by atoms with Gasteiger partial charge >= 0.3 is 29.8 Å². The SMILES string of the molecule is COCCN=Cc1ccc(C=NCCOC(=O)CCC(=O)OCCOCCOC(=O)CCC(=O)OCCCCOC(=O)CCC(C)=O)cc1. The zero-order valence-electron chi connectivity index (χ0n) is 28.4. The molecule has 0 atom stereocenters. The minimum Gasteiger partial charge on any atom is -0.466 e. The highest BCUT2D eigenvalue weighted by Crippen LogP contribution is 2.02. The summed E-state index contributed by atoms with van der Waals surface area (Å²) in [6.07, 6.45) is 4.08. The van der Waals surface area contributed by atoms with Crippen LogP contribution < -0.4 is 0 Å². The van der Waals surface area contributed by atoms with Crippen LogP contribution in [0, 0.1) is 0 Å². The molecule has 1 aromatic rings. The Morgan fingerprint density at radius 2 is 0.878 bits per heavy atom. The Kier molecular flexibility index (Phi) is 24.7. The van der Waals surface area contributed by atoms with Crippen molar-refractivity contribution in [3.63, 3.8) is 0 Å². The summed E-state index contributed by atoms with van der Waals surface area (Å²) in [6, 6.07) is 7.65. The molecule has 1 aromatic carbocycles. The molecule has 0 amide bonds. The van der Waals surface area contributed by atoms with Crippen LogP contribution in [-0.4, -0.2) is 121 Å². The first-order chi connectivity index (χ1) is 23.7. The number of unbranched alkanes of at least 4 members (excludes halogenated alkanes) is 1. The van der Waals surface area contributed by atoms with Gasteiger partial charge in [-0.2, -0.15) is 0 Å². The van der Waals surface area contributed by atoms with E-state index in [9.17, 15) is 28.8 Å². The Bertz CT molecular complexity index is 1200. The number of ketones is 1. The van der Waals surface area contributed by atoms with Gasteiger partial charge in [-0.25, -0.2) is 0 Å². The number of hydrogen-bond acceptors (Lipinski definition) is 15. The average molecular weight is 693 g/mol. The quantitative estimate of drug-likeness (QED) is 0.0539. The van der Waals surface area contributed by atoms with Crippen LogP contribution in [0.25, 0.3) is 0 Å². The number of carbonyl (C=O) groups excluding carboxylic acids is 6. The highest BCUT2D eigenvalue weighted by molar-refractivity contribution is 5.84. The van der Waals surface area contributed by atoms with E-state index < -0.39 is 29.8 Å². The van der Waals surface area contributed by atoms with Gasteiger partial charge in [-0.05, 0) is 30.9 Å². The van der Waals surface area contributed by atoms with E-state index >= 15 is 0 Å². The molecule has 49 heavy (non-hydrogen) atoms. The van der Waals surface area contributed by atoms with E-state index in [2.05, 4.69) is 9.98 Å². The summed E-state index contributed by atoms with van der Waals surface area (Å²) in [7, 11) is 1.63. The summed E-state index contributed by atoms with van der Waals surface area (Å²) >= 11 is 0. The van der Waals surface area contributed by atoms with Gasteiger partial charge in [0.25, 0.3) is 0 Å². The summed E-state index contributed by atoms with van der Waals surface area (Å²) in [6.45, 7) is 3.30. The number of ether oxygens (including phenoxy) is 7. The summed E-state index contributed by atoms with van der Waals surface area (Å²) in [5.41, 5.74) is 1.87. The third-order valence-electron chi connectivity index (χ3n) is 6.12. The maximum absolute atomic E-state index is 11.8. The van der Waals surface area contributed by atoms with Crippen molar-refractivity contribution in [1.29, 1.82) is 0 Å². The Morgan fingerprint density at radius 1 is 0.510 bits per heavy atom. The first-order valence-corrected chi connectivity index (χ1v) is 16.1. The maximum Gasteiger partial charge on any atom is 0.306 e. The molecule has 0 N–H and O–H groups in total. The highest BCUT2D eigenvalue weighted by atomic mass is 16.6. The lowest BCUT2D eigenvalue weighted by atomic mass is 10.1. The molecular formula is C34H48N2O13. The molecule has 0 heterocycles. The van der Waals surface area contributed by atoms with Crippen LogP contribution >= 0.6 is 0 Å². The molecule has 0 saturated heterocycles. The zero-order chi connectivity index (χ0) is 36.0. The van der Waals surface area contributed by atoms with Gasteiger partial charge in [0, 0.05) is 26.0 Å². The molecule has 0 unspecified atom stereocenters. The minimum atomic E-state index is -0.589. The molecular weight excluding hydrogens is 644 g/mol. The fraction of sp³-hybridized carbons (Fsp3) is 0.588. The van der Waals surface area contributed by atoms with Crippen LogP contribution in [0.15, 0.2) is 34.3 Å². The van der Waals surface area contributed by atoms with E-state index in [-0.39, 0.29) is 97.1 Å². The topological polar surface area (TPSA) is 192 Å². The van der Waals surface area contributed by atoms with Gasteiger partial charge in [0.2, 0.25) is 0 Å². The highest BCUT2D eigenvalue weighted by Gasteiger charge is 2.11. The van der Waals surface area contributed by atoms with E-state index in [1.54, 1.807) is 19.5 Å². The van der Waals surface area contributed by atoms with Crippen molar-refractivity contribution in [3.05, 3.63) is 35.4 Å². The second-order valence-corrected chi connectivity index (χ2v) is 10.4. The zero-order valence-corrected chi connectivity index (χ0v) is 28.4. The number of nitrogens with zero attached hydrogens (tertiary/aromatic N) is 2. The van der Waals surface area contributed by atoms with Gasteiger partial charge in [0.15, 0.2) is 0 Å². The number of aliphatic imine (C=N–C) groups is 2. The lowest BCUT2D eigenvalue weighted by Gasteiger charge is -2.08. The van der Waals surface area contributed by atoms with E-state index in [1.165, 1.54) is 6.92 Å². The molecule has 0 aliphatic rings. The number of hydrogen-bond donors (Lipinski definition) is 0. The maximum atomic E-state index is 11.8. The third-order valence-corrected chi connectivity index (χ3v) is 6.12. The molecule has 272 valence electrons. The molecule has 0 saturated carbocycles. The van der Waals surface area contributed by atoms with Crippen LogP contribution in [0.5, 0.6) is 0 Å². The minimum absolute atomic E-state index is 0.0354. The van der Waals surface area contributed by atoms with Crippen molar-refractivity contribution in [1.82, 2.24) is 0 Å². The normalized spacial score (nSPS) is 11.0. The number of esters is 5. The summed E-state index contributed by atoms with van der Waals surface area (Å²) in [5.74, 6) is -2.77. The van der Waals surface area contributed by atoms with Gasteiger partial charge in [0.1, 0.15) is 25.6 Å². The molecule has 15 heteroatoms. The Morgan fingerprint density at radius 3 is 1.29 bits per heavy atom. The number of benzene rings is 1. The van der Waals surface area contributed by atoms with Crippen molar-refractivity contribution in [3.8, 4) is 0 Å². The predicted octanol–water partition coefficient (Wildman–Crippen LogP) is 2.61. The molecule has 0 aliphatic heterocycles. The van der Waals surface area contributed by atoms with Gasteiger partial charge < -0.3 is 38.0 Å².